The number of rotatable bonds is 9. The summed E-state index contributed by atoms with van der Waals surface area (Å²) in [4.78, 5) is 2.71. The first-order valence-corrected chi connectivity index (χ1v) is 6.73. The van der Waals surface area contributed by atoms with Crippen molar-refractivity contribution in [2.45, 2.75) is 64.5 Å². The van der Waals surface area contributed by atoms with Crippen LogP contribution in [0.5, 0.6) is 0 Å². The third-order valence-corrected chi connectivity index (χ3v) is 3.36. The lowest BCUT2D eigenvalue weighted by Gasteiger charge is -2.27. The summed E-state index contributed by atoms with van der Waals surface area (Å²) in [5.41, 5.74) is 0. The molecule has 2 nitrogen and oxygen atoms in total. The highest BCUT2D eigenvalue weighted by molar-refractivity contribution is 4.86. The van der Waals surface area contributed by atoms with Gasteiger partial charge in [-0.1, -0.05) is 26.7 Å². The van der Waals surface area contributed by atoms with E-state index in [4.69, 9.17) is 0 Å². The predicted molar refractivity (Wildman–Crippen MR) is 67.3 cm³/mol. The van der Waals surface area contributed by atoms with E-state index < -0.39 is 0 Å². The SMILES string of the molecule is CCCCN(CC(CCC)NC)C1CC1. The minimum Gasteiger partial charge on any atom is -0.316 e. The van der Waals surface area contributed by atoms with E-state index in [9.17, 15) is 0 Å². The van der Waals surface area contributed by atoms with E-state index in [2.05, 4.69) is 31.1 Å². The molecule has 0 saturated heterocycles. The maximum atomic E-state index is 3.45. The highest BCUT2D eigenvalue weighted by Crippen LogP contribution is 2.27. The summed E-state index contributed by atoms with van der Waals surface area (Å²) in [6.07, 6.45) is 8.16. The first kappa shape index (κ1) is 13.0. The molecule has 1 aliphatic carbocycles. The zero-order chi connectivity index (χ0) is 11.1. The number of nitrogens with zero attached hydrogens (tertiary/aromatic N) is 1. The van der Waals surface area contributed by atoms with Crippen LogP contribution < -0.4 is 5.32 Å². The van der Waals surface area contributed by atoms with E-state index in [0.29, 0.717) is 6.04 Å². The second kappa shape index (κ2) is 7.24. The average Bonchev–Trinajstić information content (AvgIpc) is 3.06. The van der Waals surface area contributed by atoms with Crippen LogP contribution in [0, 0.1) is 0 Å². The normalized spacial score (nSPS) is 18.4. The van der Waals surface area contributed by atoms with E-state index in [1.165, 1.54) is 51.6 Å². The summed E-state index contributed by atoms with van der Waals surface area (Å²) in [7, 11) is 2.10. The highest BCUT2D eigenvalue weighted by atomic mass is 15.2. The lowest BCUT2D eigenvalue weighted by Crippen LogP contribution is -2.41. The number of hydrogen-bond acceptors (Lipinski definition) is 2. The molecule has 2 heteroatoms. The molecule has 90 valence electrons. The van der Waals surface area contributed by atoms with Gasteiger partial charge in [0.15, 0.2) is 0 Å². The van der Waals surface area contributed by atoms with Crippen LogP contribution in [0.25, 0.3) is 0 Å². The van der Waals surface area contributed by atoms with Crippen LogP contribution in [-0.4, -0.2) is 37.1 Å². The molecule has 0 spiro atoms. The van der Waals surface area contributed by atoms with Crippen LogP contribution >= 0.6 is 0 Å². The lowest BCUT2D eigenvalue weighted by atomic mass is 10.1. The summed E-state index contributed by atoms with van der Waals surface area (Å²) in [6, 6.07) is 1.62. The van der Waals surface area contributed by atoms with Crippen molar-refractivity contribution in [1.29, 1.82) is 0 Å². The predicted octanol–water partition coefficient (Wildman–Crippen LogP) is 2.64. The summed E-state index contributed by atoms with van der Waals surface area (Å²) in [5, 5.41) is 3.45. The average molecular weight is 212 g/mol. The topological polar surface area (TPSA) is 15.3 Å². The van der Waals surface area contributed by atoms with Gasteiger partial charge in [-0.3, -0.25) is 4.90 Å². The van der Waals surface area contributed by atoms with Crippen LogP contribution in [0.4, 0.5) is 0 Å². The third kappa shape index (κ3) is 4.98. The minimum absolute atomic E-state index is 0.701. The molecule has 0 aromatic carbocycles. The van der Waals surface area contributed by atoms with Crippen LogP contribution in [0.3, 0.4) is 0 Å². The molecule has 0 amide bonds. The monoisotopic (exact) mass is 212 g/mol. The Labute approximate surface area is 95.4 Å². The van der Waals surface area contributed by atoms with Gasteiger partial charge in [0.25, 0.3) is 0 Å². The van der Waals surface area contributed by atoms with Gasteiger partial charge < -0.3 is 5.32 Å². The highest BCUT2D eigenvalue weighted by Gasteiger charge is 2.29. The molecule has 15 heavy (non-hydrogen) atoms. The Kier molecular flexibility index (Phi) is 6.26. The van der Waals surface area contributed by atoms with Gasteiger partial charge in [-0.25, -0.2) is 0 Å². The van der Waals surface area contributed by atoms with E-state index in [0.717, 1.165) is 6.04 Å². The summed E-state index contributed by atoms with van der Waals surface area (Å²) in [5.74, 6) is 0. The smallest absolute Gasteiger partial charge is 0.0192 e. The second-order valence-electron chi connectivity index (χ2n) is 4.85. The molecule has 0 aliphatic heterocycles. The van der Waals surface area contributed by atoms with Gasteiger partial charge in [-0.15, -0.1) is 0 Å². The Morgan fingerprint density at radius 1 is 1.27 bits per heavy atom. The molecule has 0 radical (unpaired) electrons. The fourth-order valence-corrected chi connectivity index (χ4v) is 2.18. The van der Waals surface area contributed by atoms with E-state index in [1.54, 1.807) is 0 Å². The minimum atomic E-state index is 0.701. The molecule has 0 aromatic rings. The Morgan fingerprint density at radius 3 is 2.47 bits per heavy atom. The molecule has 1 atom stereocenters. The van der Waals surface area contributed by atoms with Crippen molar-refractivity contribution in [3.05, 3.63) is 0 Å². The molecule has 1 rings (SSSR count). The van der Waals surface area contributed by atoms with Crippen molar-refractivity contribution in [3.63, 3.8) is 0 Å². The van der Waals surface area contributed by atoms with Gasteiger partial charge in [-0.05, 0) is 39.3 Å². The largest absolute Gasteiger partial charge is 0.316 e. The Morgan fingerprint density at radius 2 is 2.00 bits per heavy atom. The van der Waals surface area contributed by atoms with Gasteiger partial charge in [-0.2, -0.15) is 0 Å². The van der Waals surface area contributed by atoms with Crippen molar-refractivity contribution in [2.75, 3.05) is 20.1 Å². The van der Waals surface area contributed by atoms with E-state index in [1.807, 2.05) is 0 Å². The van der Waals surface area contributed by atoms with E-state index >= 15 is 0 Å². The molecular formula is C13H28N2. The third-order valence-electron chi connectivity index (χ3n) is 3.36. The van der Waals surface area contributed by atoms with Crippen LogP contribution in [0.15, 0.2) is 0 Å². The Bertz CT molecular complexity index is 155. The van der Waals surface area contributed by atoms with Gasteiger partial charge >= 0.3 is 0 Å². The van der Waals surface area contributed by atoms with Gasteiger partial charge in [0.1, 0.15) is 0 Å². The van der Waals surface area contributed by atoms with Crippen LogP contribution in [0.1, 0.15) is 52.4 Å². The van der Waals surface area contributed by atoms with Crippen molar-refractivity contribution in [1.82, 2.24) is 10.2 Å². The fraction of sp³-hybridized carbons (Fsp3) is 1.00. The molecule has 1 saturated carbocycles. The second-order valence-corrected chi connectivity index (χ2v) is 4.85. The lowest BCUT2D eigenvalue weighted by molar-refractivity contribution is 0.227. The van der Waals surface area contributed by atoms with Gasteiger partial charge in [0.2, 0.25) is 0 Å². The van der Waals surface area contributed by atoms with Crippen molar-refractivity contribution >= 4 is 0 Å². The molecule has 0 aromatic heterocycles. The van der Waals surface area contributed by atoms with Crippen LogP contribution in [-0.2, 0) is 0 Å². The van der Waals surface area contributed by atoms with E-state index in [-0.39, 0.29) is 0 Å². The van der Waals surface area contributed by atoms with Crippen molar-refractivity contribution in [2.24, 2.45) is 0 Å². The standard InChI is InChI=1S/C13H28N2/c1-4-6-10-15(13-8-9-13)11-12(14-3)7-5-2/h12-14H,4-11H2,1-3H3. The molecule has 1 fully saturated rings. The number of hydrogen-bond donors (Lipinski definition) is 1. The molecule has 1 aliphatic rings. The number of likely N-dealkylation sites (N-methyl/N-ethyl adjacent to an activating group) is 1. The quantitative estimate of drug-likeness (QED) is 0.632. The van der Waals surface area contributed by atoms with Crippen molar-refractivity contribution < 1.29 is 0 Å². The van der Waals surface area contributed by atoms with Gasteiger partial charge in [0.05, 0.1) is 0 Å². The van der Waals surface area contributed by atoms with Crippen LogP contribution in [0.2, 0.25) is 0 Å². The van der Waals surface area contributed by atoms with Gasteiger partial charge in [0, 0.05) is 18.6 Å². The molecular weight excluding hydrogens is 184 g/mol. The Balaban J connectivity index is 2.27. The fourth-order valence-electron chi connectivity index (χ4n) is 2.18. The molecule has 1 unspecified atom stereocenters. The first-order valence-electron chi connectivity index (χ1n) is 6.73. The first-order chi connectivity index (χ1) is 7.31. The molecule has 1 N–H and O–H groups in total. The zero-order valence-electron chi connectivity index (χ0n) is 10.8. The molecule has 0 heterocycles. The Hall–Kier alpha value is -0.0800. The summed E-state index contributed by atoms with van der Waals surface area (Å²) in [6.45, 7) is 7.13. The molecule has 0 bridgehead atoms. The maximum absolute atomic E-state index is 3.45. The zero-order valence-corrected chi connectivity index (χ0v) is 10.8. The summed E-state index contributed by atoms with van der Waals surface area (Å²) < 4.78 is 0. The maximum Gasteiger partial charge on any atom is 0.0192 e. The number of unbranched alkanes of at least 4 members (excludes halogenated alkanes) is 1. The number of nitrogens with one attached hydrogen (secondary N) is 1. The van der Waals surface area contributed by atoms with Crippen molar-refractivity contribution in [3.8, 4) is 0 Å². The summed E-state index contributed by atoms with van der Waals surface area (Å²) >= 11 is 0.